The number of benzene rings is 2. The van der Waals surface area contributed by atoms with Gasteiger partial charge in [-0.25, -0.2) is 17.6 Å². The largest absolute Gasteiger partial charge is 0.490 e. The van der Waals surface area contributed by atoms with Crippen molar-refractivity contribution in [2.45, 2.75) is 9.79 Å². The zero-order chi connectivity index (χ0) is 19.6. The van der Waals surface area contributed by atoms with E-state index < -0.39 is 26.6 Å². The van der Waals surface area contributed by atoms with Gasteiger partial charge in [-0.2, -0.15) is 0 Å². The number of rotatable bonds is 6. The molecule has 0 fully saturated rings. The van der Waals surface area contributed by atoms with E-state index in [1.165, 1.54) is 31.4 Å². The Morgan fingerprint density at radius 3 is 2.63 bits per heavy atom. The molecule has 3 rings (SSSR count). The summed E-state index contributed by atoms with van der Waals surface area (Å²) in [5, 5.41) is 9.20. The Bertz CT molecular complexity index is 1090. The predicted octanol–water partition coefficient (Wildman–Crippen LogP) is 3.13. The van der Waals surface area contributed by atoms with Gasteiger partial charge in [-0.3, -0.25) is 0 Å². The lowest BCUT2D eigenvalue weighted by molar-refractivity contribution is 0.147. The molecule has 0 aliphatic heterocycles. The minimum absolute atomic E-state index is 0.0595. The van der Waals surface area contributed by atoms with Gasteiger partial charge >= 0.3 is 6.09 Å². The summed E-state index contributed by atoms with van der Waals surface area (Å²) in [6.07, 6.45) is 0.220. The minimum atomic E-state index is -4.06. The van der Waals surface area contributed by atoms with Crippen LogP contribution in [0.3, 0.4) is 0 Å². The first-order chi connectivity index (χ1) is 12.8. The first-order valence-corrected chi connectivity index (χ1v) is 9.47. The van der Waals surface area contributed by atoms with E-state index in [2.05, 4.69) is 4.98 Å². The van der Waals surface area contributed by atoms with Crippen molar-refractivity contribution < 1.29 is 27.4 Å². The molecule has 1 heterocycles. The fraction of sp³-hybridized carbons (Fsp3) is 0.167. The Morgan fingerprint density at radius 1 is 1.19 bits per heavy atom. The fourth-order valence-electron chi connectivity index (χ4n) is 2.61. The first-order valence-electron chi connectivity index (χ1n) is 7.99. The third-order valence-corrected chi connectivity index (χ3v) is 5.89. The molecular weight excluding hydrogens is 375 g/mol. The molecule has 0 saturated heterocycles. The van der Waals surface area contributed by atoms with Crippen LogP contribution in [0.15, 0.2) is 58.5 Å². The van der Waals surface area contributed by atoms with Crippen LogP contribution in [0, 0.1) is 5.82 Å². The van der Waals surface area contributed by atoms with E-state index >= 15 is 0 Å². The van der Waals surface area contributed by atoms with Crippen LogP contribution in [0.25, 0.3) is 10.9 Å². The number of likely N-dealkylation sites (N-methyl/N-ethyl adjacent to an activating group) is 1. The summed E-state index contributed by atoms with van der Waals surface area (Å²) >= 11 is 0. The van der Waals surface area contributed by atoms with Crippen LogP contribution in [-0.2, 0) is 9.84 Å². The van der Waals surface area contributed by atoms with Gasteiger partial charge in [0.2, 0.25) is 9.84 Å². The summed E-state index contributed by atoms with van der Waals surface area (Å²) in [6, 6.07) is 10.0. The number of fused-ring (bicyclic) bond motifs is 1. The number of hydrogen-bond acceptors (Lipinski definition) is 4. The molecule has 0 unspecified atom stereocenters. The number of ether oxygens (including phenoxy) is 1. The van der Waals surface area contributed by atoms with E-state index in [0.717, 1.165) is 11.0 Å². The number of carbonyl (C=O) groups is 1. The summed E-state index contributed by atoms with van der Waals surface area (Å²) < 4.78 is 45.3. The molecular formula is C18H17FN2O5S. The number of para-hydroxylation sites is 1. The molecule has 2 N–H and O–H groups in total. The molecule has 1 amide bonds. The van der Waals surface area contributed by atoms with Crippen LogP contribution < -0.4 is 4.74 Å². The van der Waals surface area contributed by atoms with Crippen molar-refractivity contribution in [2.24, 2.45) is 0 Å². The molecule has 0 bridgehead atoms. The number of halogens is 1. The molecule has 0 radical (unpaired) electrons. The fourth-order valence-corrected chi connectivity index (χ4v) is 4.11. The Hall–Kier alpha value is -3.07. The van der Waals surface area contributed by atoms with E-state index in [9.17, 15) is 17.6 Å². The molecule has 27 heavy (non-hydrogen) atoms. The maximum absolute atomic E-state index is 14.0. The number of hydrogen-bond donors (Lipinski definition) is 2. The monoisotopic (exact) mass is 392 g/mol. The lowest BCUT2D eigenvalue weighted by atomic mass is 10.2. The Kier molecular flexibility index (Phi) is 5.04. The van der Waals surface area contributed by atoms with Crippen molar-refractivity contribution in [3.8, 4) is 5.75 Å². The van der Waals surface area contributed by atoms with Crippen LogP contribution in [0.4, 0.5) is 9.18 Å². The summed E-state index contributed by atoms with van der Waals surface area (Å²) in [6.45, 7) is 0.239. The van der Waals surface area contributed by atoms with Crippen molar-refractivity contribution in [3.05, 3.63) is 54.5 Å². The smallest absolute Gasteiger partial charge is 0.407 e. The molecule has 3 aromatic rings. The topological polar surface area (TPSA) is 99.7 Å². The number of aromatic amines is 1. The highest BCUT2D eigenvalue weighted by atomic mass is 32.2. The van der Waals surface area contributed by atoms with Gasteiger partial charge < -0.3 is 19.7 Å². The Balaban J connectivity index is 1.94. The molecule has 9 heteroatoms. The standard InChI is InChI=1S/C18H17FN2O5S/c1-21(18(22)23)9-10-26-14-7-4-5-12-16(11-20-17(12)14)27(24,25)15-8-3-2-6-13(15)19/h2-8,11,20H,9-10H2,1H3,(H,22,23). The SMILES string of the molecule is CN(CCOc1cccc2c(S(=O)(=O)c3ccccc3F)c[nH]c12)C(=O)O. The average molecular weight is 392 g/mol. The molecule has 0 aliphatic rings. The van der Waals surface area contributed by atoms with Gasteiger partial charge in [0.15, 0.2) is 0 Å². The van der Waals surface area contributed by atoms with Crippen molar-refractivity contribution >= 4 is 26.8 Å². The van der Waals surface area contributed by atoms with Crippen molar-refractivity contribution in [3.63, 3.8) is 0 Å². The van der Waals surface area contributed by atoms with Crippen LogP contribution in [0.1, 0.15) is 0 Å². The number of nitrogens with zero attached hydrogens (tertiary/aromatic N) is 1. The van der Waals surface area contributed by atoms with Crippen LogP contribution in [0.2, 0.25) is 0 Å². The highest BCUT2D eigenvalue weighted by Gasteiger charge is 2.25. The van der Waals surface area contributed by atoms with Crippen molar-refractivity contribution in [2.75, 3.05) is 20.2 Å². The molecule has 0 spiro atoms. The summed E-state index contributed by atoms with van der Waals surface area (Å²) in [5.41, 5.74) is 0.436. The van der Waals surface area contributed by atoms with Gasteiger partial charge in [-0.1, -0.05) is 24.3 Å². The highest BCUT2D eigenvalue weighted by Crippen LogP contribution is 2.33. The second-order valence-electron chi connectivity index (χ2n) is 5.82. The zero-order valence-corrected chi connectivity index (χ0v) is 15.2. The van der Waals surface area contributed by atoms with Crippen molar-refractivity contribution in [1.29, 1.82) is 0 Å². The number of amides is 1. The van der Waals surface area contributed by atoms with Gasteiger partial charge in [0.05, 0.1) is 17.0 Å². The van der Waals surface area contributed by atoms with Crippen LogP contribution in [0.5, 0.6) is 5.75 Å². The summed E-state index contributed by atoms with van der Waals surface area (Å²) in [5.74, 6) is -0.447. The van der Waals surface area contributed by atoms with E-state index in [4.69, 9.17) is 9.84 Å². The van der Waals surface area contributed by atoms with Gasteiger partial charge in [0, 0.05) is 18.6 Å². The normalized spacial score (nSPS) is 11.5. The number of H-pyrrole nitrogens is 1. The third-order valence-electron chi connectivity index (χ3n) is 4.07. The van der Waals surface area contributed by atoms with Gasteiger partial charge in [-0.15, -0.1) is 0 Å². The van der Waals surface area contributed by atoms with Gasteiger partial charge in [-0.05, 0) is 18.2 Å². The molecule has 2 aromatic carbocycles. The molecule has 0 saturated carbocycles. The molecule has 1 aromatic heterocycles. The maximum atomic E-state index is 14.0. The van der Waals surface area contributed by atoms with E-state index in [-0.39, 0.29) is 18.0 Å². The average Bonchev–Trinajstić information content (AvgIpc) is 3.07. The summed E-state index contributed by atoms with van der Waals surface area (Å²) in [4.78, 5) is 14.3. The summed E-state index contributed by atoms with van der Waals surface area (Å²) in [7, 11) is -2.65. The second kappa shape index (κ2) is 7.28. The van der Waals surface area contributed by atoms with E-state index in [1.54, 1.807) is 18.2 Å². The Labute approximate surface area is 154 Å². The number of aromatic nitrogens is 1. The molecule has 142 valence electrons. The second-order valence-corrected chi connectivity index (χ2v) is 7.70. The number of nitrogens with one attached hydrogen (secondary N) is 1. The lowest BCUT2D eigenvalue weighted by Crippen LogP contribution is -2.29. The first kappa shape index (κ1) is 18.7. The quantitative estimate of drug-likeness (QED) is 0.671. The zero-order valence-electron chi connectivity index (χ0n) is 14.3. The maximum Gasteiger partial charge on any atom is 0.407 e. The van der Waals surface area contributed by atoms with E-state index in [1.807, 2.05) is 0 Å². The highest BCUT2D eigenvalue weighted by molar-refractivity contribution is 7.91. The lowest BCUT2D eigenvalue weighted by Gasteiger charge is -2.13. The molecule has 7 nitrogen and oxygen atoms in total. The number of carboxylic acid groups (broad SMARTS) is 1. The minimum Gasteiger partial charge on any atom is -0.490 e. The Morgan fingerprint density at radius 2 is 1.93 bits per heavy atom. The third kappa shape index (κ3) is 3.59. The number of sulfone groups is 1. The van der Waals surface area contributed by atoms with Gasteiger partial charge in [0.1, 0.15) is 23.1 Å². The van der Waals surface area contributed by atoms with Crippen molar-refractivity contribution in [1.82, 2.24) is 9.88 Å². The predicted molar refractivity (Wildman–Crippen MR) is 96.3 cm³/mol. The molecule has 0 atom stereocenters. The molecule has 0 aliphatic carbocycles. The van der Waals surface area contributed by atoms with E-state index in [0.29, 0.717) is 16.7 Å². The van der Waals surface area contributed by atoms with Gasteiger partial charge in [0.25, 0.3) is 0 Å². The van der Waals surface area contributed by atoms with Crippen LogP contribution in [-0.4, -0.2) is 49.7 Å². The van der Waals surface area contributed by atoms with Crippen LogP contribution >= 0.6 is 0 Å².